The van der Waals surface area contributed by atoms with Crippen LogP contribution in [0.3, 0.4) is 0 Å². The monoisotopic (exact) mass is 325 g/mol. The molecule has 118 valence electrons. The maximum absolute atomic E-state index is 5.80. The Kier molecular flexibility index (Phi) is 3.97. The standard InChI is InChI=1S/C18H19N3OS/c1-12(16-7-4-9-22-16)19-18-14-5-2-3-6-15(14)20-17(21-18)13-8-10-23-11-13/h2-3,5-6,8,10-12,16H,4,7,9H2,1H3,(H,19,20,21)/t12-,16+/m1/s1. The number of rotatable bonds is 4. The molecule has 2 atom stereocenters. The van der Waals surface area contributed by atoms with Gasteiger partial charge in [0.1, 0.15) is 5.82 Å². The van der Waals surface area contributed by atoms with E-state index in [1.807, 2.05) is 18.2 Å². The first-order chi connectivity index (χ1) is 11.3. The van der Waals surface area contributed by atoms with Crippen molar-refractivity contribution in [2.45, 2.75) is 31.9 Å². The van der Waals surface area contributed by atoms with Crippen LogP contribution in [0.25, 0.3) is 22.3 Å². The SMILES string of the molecule is C[C@@H](Nc1nc(-c2ccsc2)nc2ccccc12)[C@@H]1CCCO1. The zero-order valence-corrected chi connectivity index (χ0v) is 13.8. The summed E-state index contributed by atoms with van der Waals surface area (Å²) in [6, 6.07) is 10.4. The van der Waals surface area contributed by atoms with E-state index in [0.29, 0.717) is 0 Å². The highest BCUT2D eigenvalue weighted by Gasteiger charge is 2.23. The quantitative estimate of drug-likeness (QED) is 0.775. The third-order valence-corrected chi connectivity index (χ3v) is 4.95. The number of hydrogen-bond donors (Lipinski definition) is 1. The van der Waals surface area contributed by atoms with Gasteiger partial charge >= 0.3 is 0 Å². The maximum atomic E-state index is 5.80. The smallest absolute Gasteiger partial charge is 0.162 e. The van der Waals surface area contributed by atoms with Crippen LogP contribution < -0.4 is 5.32 Å². The molecule has 0 spiro atoms. The minimum absolute atomic E-state index is 0.228. The molecule has 3 aromatic rings. The van der Waals surface area contributed by atoms with Crippen LogP contribution in [0.1, 0.15) is 19.8 Å². The fraction of sp³-hybridized carbons (Fsp3) is 0.333. The summed E-state index contributed by atoms with van der Waals surface area (Å²) in [5.41, 5.74) is 2.03. The number of benzene rings is 1. The molecule has 1 fully saturated rings. The van der Waals surface area contributed by atoms with Crippen molar-refractivity contribution in [3.63, 3.8) is 0 Å². The van der Waals surface area contributed by atoms with E-state index in [9.17, 15) is 0 Å². The second kappa shape index (κ2) is 6.26. The van der Waals surface area contributed by atoms with Crippen LogP contribution >= 0.6 is 11.3 Å². The molecule has 2 aromatic heterocycles. The molecule has 4 nitrogen and oxygen atoms in total. The Bertz CT molecular complexity index is 797. The number of para-hydroxylation sites is 1. The molecular weight excluding hydrogens is 306 g/mol. The molecule has 4 rings (SSSR count). The molecule has 0 bridgehead atoms. The third kappa shape index (κ3) is 2.94. The average Bonchev–Trinajstić information content (AvgIpc) is 3.28. The van der Waals surface area contributed by atoms with Gasteiger partial charge in [-0.2, -0.15) is 11.3 Å². The molecule has 3 heterocycles. The average molecular weight is 325 g/mol. The van der Waals surface area contributed by atoms with Crippen LogP contribution in [-0.2, 0) is 4.74 Å². The zero-order valence-electron chi connectivity index (χ0n) is 13.0. The van der Waals surface area contributed by atoms with Gasteiger partial charge < -0.3 is 10.1 Å². The van der Waals surface area contributed by atoms with Crippen molar-refractivity contribution in [1.82, 2.24) is 9.97 Å². The molecule has 1 N–H and O–H groups in total. The summed E-state index contributed by atoms with van der Waals surface area (Å²) in [7, 11) is 0. The van der Waals surface area contributed by atoms with Crippen LogP contribution in [-0.4, -0.2) is 28.7 Å². The van der Waals surface area contributed by atoms with Crippen LogP contribution in [0.15, 0.2) is 41.1 Å². The molecule has 0 unspecified atom stereocenters. The Hall–Kier alpha value is -1.98. The highest BCUT2D eigenvalue weighted by Crippen LogP contribution is 2.27. The van der Waals surface area contributed by atoms with Gasteiger partial charge in [-0.05, 0) is 43.3 Å². The van der Waals surface area contributed by atoms with Crippen molar-refractivity contribution in [1.29, 1.82) is 0 Å². The number of fused-ring (bicyclic) bond motifs is 1. The molecule has 0 amide bonds. The van der Waals surface area contributed by atoms with E-state index in [2.05, 4.69) is 35.1 Å². The van der Waals surface area contributed by atoms with Crippen molar-refractivity contribution in [2.24, 2.45) is 0 Å². The molecular formula is C18H19N3OS. The van der Waals surface area contributed by atoms with Gasteiger partial charge in [0.25, 0.3) is 0 Å². The van der Waals surface area contributed by atoms with Gasteiger partial charge in [-0.15, -0.1) is 0 Å². The Balaban J connectivity index is 1.74. The van der Waals surface area contributed by atoms with Crippen LogP contribution in [0.2, 0.25) is 0 Å². The largest absolute Gasteiger partial charge is 0.376 e. The van der Waals surface area contributed by atoms with E-state index in [4.69, 9.17) is 14.7 Å². The predicted octanol–water partition coefficient (Wildman–Crippen LogP) is 4.34. The minimum atomic E-state index is 0.228. The summed E-state index contributed by atoms with van der Waals surface area (Å²) in [6.45, 7) is 3.03. The number of nitrogens with zero attached hydrogens (tertiary/aromatic N) is 2. The predicted molar refractivity (Wildman–Crippen MR) is 94.9 cm³/mol. The molecule has 0 saturated carbocycles. The van der Waals surface area contributed by atoms with E-state index < -0.39 is 0 Å². The Morgan fingerprint density at radius 3 is 2.96 bits per heavy atom. The lowest BCUT2D eigenvalue weighted by atomic mass is 10.1. The first kappa shape index (κ1) is 14.6. The summed E-state index contributed by atoms with van der Waals surface area (Å²) < 4.78 is 5.80. The van der Waals surface area contributed by atoms with Crippen molar-refractivity contribution >= 4 is 28.1 Å². The fourth-order valence-electron chi connectivity index (χ4n) is 3.01. The molecule has 1 aromatic carbocycles. The van der Waals surface area contributed by atoms with Gasteiger partial charge in [0.15, 0.2) is 5.82 Å². The lowest BCUT2D eigenvalue weighted by molar-refractivity contribution is 0.0996. The van der Waals surface area contributed by atoms with Gasteiger partial charge in [-0.3, -0.25) is 0 Å². The van der Waals surface area contributed by atoms with Crippen molar-refractivity contribution in [3.8, 4) is 11.4 Å². The Morgan fingerprint density at radius 1 is 1.26 bits per heavy atom. The Morgan fingerprint density at radius 2 is 2.17 bits per heavy atom. The third-order valence-electron chi connectivity index (χ3n) is 4.27. The van der Waals surface area contributed by atoms with Crippen LogP contribution in [0.5, 0.6) is 0 Å². The van der Waals surface area contributed by atoms with Gasteiger partial charge in [0.05, 0.1) is 17.7 Å². The summed E-state index contributed by atoms with van der Waals surface area (Å²) in [5, 5.41) is 8.74. The molecule has 5 heteroatoms. The first-order valence-corrected chi connectivity index (χ1v) is 8.93. The van der Waals surface area contributed by atoms with Gasteiger partial charge in [-0.1, -0.05) is 12.1 Å². The van der Waals surface area contributed by atoms with Crippen molar-refractivity contribution in [2.75, 3.05) is 11.9 Å². The van der Waals surface area contributed by atoms with E-state index >= 15 is 0 Å². The normalized spacial score (nSPS) is 19.1. The van der Waals surface area contributed by atoms with Gasteiger partial charge in [0.2, 0.25) is 0 Å². The summed E-state index contributed by atoms with van der Waals surface area (Å²) in [4.78, 5) is 9.49. The topological polar surface area (TPSA) is 47.0 Å². The molecule has 1 aliphatic heterocycles. The maximum Gasteiger partial charge on any atom is 0.162 e. The number of hydrogen-bond acceptors (Lipinski definition) is 5. The van der Waals surface area contributed by atoms with E-state index in [1.165, 1.54) is 0 Å². The minimum Gasteiger partial charge on any atom is -0.376 e. The van der Waals surface area contributed by atoms with E-state index in [-0.39, 0.29) is 12.1 Å². The number of nitrogens with one attached hydrogen (secondary N) is 1. The van der Waals surface area contributed by atoms with Gasteiger partial charge in [-0.25, -0.2) is 9.97 Å². The molecule has 0 aliphatic carbocycles. The molecule has 1 aliphatic rings. The van der Waals surface area contributed by atoms with E-state index in [1.54, 1.807) is 11.3 Å². The second-order valence-electron chi connectivity index (χ2n) is 5.91. The van der Waals surface area contributed by atoms with Crippen molar-refractivity contribution < 1.29 is 4.74 Å². The zero-order chi connectivity index (χ0) is 15.6. The lowest BCUT2D eigenvalue weighted by Gasteiger charge is -2.21. The summed E-state index contributed by atoms with van der Waals surface area (Å²) in [6.07, 6.45) is 2.50. The second-order valence-corrected chi connectivity index (χ2v) is 6.69. The first-order valence-electron chi connectivity index (χ1n) is 7.99. The summed E-state index contributed by atoms with van der Waals surface area (Å²) in [5.74, 6) is 1.66. The lowest BCUT2D eigenvalue weighted by Crippen LogP contribution is -2.30. The van der Waals surface area contributed by atoms with Crippen LogP contribution in [0.4, 0.5) is 5.82 Å². The van der Waals surface area contributed by atoms with Gasteiger partial charge in [0, 0.05) is 22.9 Å². The summed E-state index contributed by atoms with van der Waals surface area (Å²) >= 11 is 1.66. The number of aromatic nitrogens is 2. The molecule has 1 saturated heterocycles. The Labute approximate surface area is 139 Å². The number of ether oxygens (including phenoxy) is 1. The van der Waals surface area contributed by atoms with Crippen molar-refractivity contribution in [3.05, 3.63) is 41.1 Å². The molecule has 23 heavy (non-hydrogen) atoms. The highest BCUT2D eigenvalue weighted by molar-refractivity contribution is 7.08. The van der Waals surface area contributed by atoms with E-state index in [0.717, 1.165) is 47.6 Å². The molecule has 0 radical (unpaired) electrons. The highest BCUT2D eigenvalue weighted by atomic mass is 32.1. The number of anilines is 1. The fourth-order valence-corrected chi connectivity index (χ4v) is 3.65. The van der Waals surface area contributed by atoms with Crippen LogP contribution in [0, 0.1) is 0 Å². The number of thiophene rings is 1.